The fourth-order valence-corrected chi connectivity index (χ4v) is 2.02. The lowest BCUT2D eigenvalue weighted by molar-refractivity contribution is 0.152. The lowest BCUT2D eigenvalue weighted by atomic mass is 9.84. The van der Waals surface area contributed by atoms with Gasteiger partial charge in [-0.25, -0.2) is 4.39 Å². The summed E-state index contributed by atoms with van der Waals surface area (Å²) in [6, 6.07) is 6.88. The fourth-order valence-electron chi connectivity index (χ4n) is 2.02. The maximum absolute atomic E-state index is 13.9. The van der Waals surface area contributed by atoms with Crippen LogP contribution in [0.1, 0.15) is 26.3 Å². The molecular formula is C16H26FN3O. The van der Waals surface area contributed by atoms with Gasteiger partial charge < -0.3 is 15.4 Å². The number of guanidine groups is 1. The molecule has 0 aromatic heterocycles. The topological polar surface area (TPSA) is 45.6 Å². The second-order valence-electron chi connectivity index (χ2n) is 5.41. The lowest BCUT2D eigenvalue weighted by Gasteiger charge is -2.27. The first kappa shape index (κ1) is 17.4. The van der Waals surface area contributed by atoms with Crippen LogP contribution in [0.4, 0.5) is 4.39 Å². The predicted octanol–water partition coefficient (Wildman–Crippen LogP) is 2.30. The molecular weight excluding hydrogens is 269 g/mol. The predicted molar refractivity (Wildman–Crippen MR) is 85.3 cm³/mol. The molecule has 1 rings (SSSR count). The Balaban J connectivity index is 2.53. The van der Waals surface area contributed by atoms with Crippen molar-refractivity contribution >= 4 is 5.96 Å². The molecule has 0 unspecified atom stereocenters. The van der Waals surface area contributed by atoms with Gasteiger partial charge in [0.2, 0.25) is 0 Å². The number of hydrogen-bond donors (Lipinski definition) is 2. The van der Waals surface area contributed by atoms with Crippen LogP contribution < -0.4 is 10.6 Å². The number of nitrogens with zero attached hydrogens (tertiary/aromatic N) is 1. The molecule has 0 amide bonds. The Morgan fingerprint density at radius 1 is 1.29 bits per heavy atom. The molecule has 1 aromatic rings. The number of nitrogens with one attached hydrogen (secondary N) is 2. The van der Waals surface area contributed by atoms with Crippen LogP contribution in [0.2, 0.25) is 0 Å². The van der Waals surface area contributed by atoms with Crippen LogP contribution in [-0.4, -0.2) is 39.3 Å². The summed E-state index contributed by atoms with van der Waals surface area (Å²) in [6.07, 6.45) is 0. The van der Waals surface area contributed by atoms with Crippen molar-refractivity contribution in [2.75, 3.05) is 33.4 Å². The van der Waals surface area contributed by atoms with E-state index in [9.17, 15) is 4.39 Å². The smallest absolute Gasteiger partial charge is 0.191 e. The van der Waals surface area contributed by atoms with Crippen LogP contribution in [0.15, 0.2) is 29.3 Å². The molecule has 0 saturated carbocycles. The monoisotopic (exact) mass is 295 g/mol. The Bertz CT molecular complexity index is 461. The summed E-state index contributed by atoms with van der Waals surface area (Å²) in [4.78, 5) is 4.15. The highest BCUT2D eigenvalue weighted by molar-refractivity contribution is 5.79. The quantitative estimate of drug-likeness (QED) is 0.461. The van der Waals surface area contributed by atoms with E-state index in [2.05, 4.69) is 15.6 Å². The van der Waals surface area contributed by atoms with Gasteiger partial charge in [0.25, 0.3) is 0 Å². The van der Waals surface area contributed by atoms with Crippen LogP contribution in [0.3, 0.4) is 0 Å². The summed E-state index contributed by atoms with van der Waals surface area (Å²) < 4.78 is 19.2. The van der Waals surface area contributed by atoms with E-state index in [1.54, 1.807) is 13.1 Å². The van der Waals surface area contributed by atoms with E-state index < -0.39 is 0 Å². The first-order valence-electron chi connectivity index (χ1n) is 7.28. The highest BCUT2D eigenvalue weighted by Gasteiger charge is 2.24. The van der Waals surface area contributed by atoms with Gasteiger partial charge in [-0.3, -0.25) is 4.99 Å². The van der Waals surface area contributed by atoms with Crippen molar-refractivity contribution in [2.24, 2.45) is 4.99 Å². The molecule has 118 valence electrons. The molecule has 5 heteroatoms. The number of benzene rings is 1. The molecule has 0 heterocycles. The van der Waals surface area contributed by atoms with E-state index in [1.165, 1.54) is 6.07 Å². The minimum absolute atomic E-state index is 0.177. The Hall–Kier alpha value is -1.62. The van der Waals surface area contributed by atoms with Gasteiger partial charge in [0.15, 0.2) is 5.96 Å². The van der Waals surface area contributed by atoms with E-state index in [1.807, 2.05) is 32.9 Å². The van der Waals surface area contributed by atoms with Crippen LogP contribution >= 0.6 is 0 Å². The van der Waals surface area contributed by atoms with Crippen LogP contribution in [0.5, 0.6) is 0 Å². The molecule has 0 aliphatic heterocycles. The molecule has 0 saturated heterocycles. The summed E-state index contributed by atoms with van der Waals surface area (Å²) in [5, 5.41) is 6.39. The average Bonchev–Trinajstić information content (AvgIpc) is 2.47. The number of halogens is 1. The number of rotatable bonds is 7. The van der Waals surface area contributed by atoms with Crippen LogP contribution in [-0.2, 0) is 10.2 Å². The lowest BCUT2D eigenvalue weighted by Crippen LogP contribution is -2.44. The minimum Gasteiger partial charge on any atom is -0.380 e. The zero-order valence-electron chi connectivity index (χ0n) is 13.4. The third-order valence-corrected chi connectivity index (χ3v) is 3.27. The first-order chi connectivity index (χ1) is 10.0. The molecule has 0 aliphatic carbocycles. The largest absolute Gasteiger partial charge is 0.380 e. The van der Waals surface area contributed by atoms with Crippen molar-refractivity contribution in [1.82, 2.24) is 10.6 Å². The van der Waals surface area contributed by atoms with Gasteiger partial charge in [-0.15, -0.1) is 0 Å². The average molecular weight is 295 g/mol. The maximum Gasteiger partial charge on any atom is 0.191 e. The van der Waals surface area contributed by atoms with Gasteiger partial charge in [0.1, 0.15) is 5.82 Å². The van der Waals surface area contributed by atoms with Crippen molar-refractivity contribution < 1.29 is 9.13 Å². The van der Waals surface area contributed by atoms with E-state index >= 15 is 0 Å². The van der Waals surface area contributed by atoms with Crippen molar-refractivity contribution in [3.05, 3.63) is 35.6 Å². The van der Waals surface area contributed by atoms with E-state index in [0.29, 0.717) is 37.8 Å². The van der Waals surface area contributed by atoms with Crippen LogP contribution in [0.25, 0.3) is 0 Å². The number of aliphatic imine (C=N–C) groups is 1. The zero-order chi connectivity index (χ0) is 15.7. The Kier molecular flexibility index (Phi) is 7.15. The summed E-state index contributed by atoms with van der Waals surface area (Å²) in [6.45, 7) is 8.58. The third kappa shape index (κ3) is 5.71. The van der Waals surface area contributed by atoms with Gasteiger partial charge in [-0.1, -0.05) is 32.0 Å². The van der Waals surface area contributed by atoms with Gasteiger partial charge in [-0.05, 0) is 18.6 Å². The van der Waals surface area contributed by atoms with Crippen molar-refractivity contribution in [3.63, 3.8) is 0 Å². The molecule has 0 fully saturated rings. The highest BCUT2D eigenvalue weighted by atomic mass is 19.1. The molecule has 0 radical (unpaired) electrons. The SMILES string of the molecule is CCOCCNC(=NC)NCC(C)(C)c1ccccc1F. The second kappa shape index (κ2) is 8.62. The van der Waals surface area contributed by atoms with Crippen LogP contribution in [0, 0.1) is 5.82 Å². The van der Waals surface area contributed by atoms with E-state index in [-0.39, 0.29) is 11.2 Å². The molecule has 0 bridgehead atoms. The summed E-state index contributed by atoms with van der Waals surface area (Å²) in [5.74, 6) is 0.516. The summed E-state index contributed by atoms with van der Waals surface area (Å²) >= 11 is 0. The third-order valence-electron chi connectivity index (χ3n) is 3.27. The molecule has 21 heavy (non-hydrogen) atoms. The van der Waals surface area contributed by atoms with Crippen molar-refractivity contribution in [3.8, 4) is 0 Å². The highest BCUT2D eigenvalue weighted by Crippen LogP contribution is 2.24. The molecule has 0 spiro atoms. The van der Waals surface area contributed by atoms with Gasteiger partial charge in [0.05, 0.1) is 6.61 Å². The Morgan fingerprint density at radius 2 is 2.00 bits per heavy atom. The number of ether oxygens (including phenoxy) is 1. The normalized spacial score (nSPS) is 12.3. The molecule has 0 atom stereocenters. The van der Waals surface area contributed by atoms with E-state index in [4.69, 9.17) is 4.74 Å². The minimum atomic E-state index is -0.330. The second-order valence-corrected chi connectivity index (χ2v) is 5.41. The van der Waals surface area contributed by atoms with Crippen molar-refractivity contribution in [1.29, 1.82) is 0 Å². The summed E-state index contributed by atoms with van der Waals surface area (Å²) in [5.41, 5.74) is 0.366. The standard InChI is InChI=1S/C16H26FN3O/c1-5-21-11-10-19-15(18-4)20-12-16(2,3)13-8-6-7-9-14(13)17/h6-9H,5,10-12H2,1-4H3,(H2,18,19,20). The fraction of sp³-hybridized carbons (Fsp3) is 0.562. The molecule has 2 N–H and O–H groups in total. The molecule has 0 aliphatic rings. The van der Waals surface area contributed by atoms with Crippen molar-refractivity contribution in [2.45, 2.75) is 26.2 Å². The number of hydrogen-bond acceptors (Lipinski definition) is 2. The van der Waals surface area contributed by atoms with Gasteiger partial charge >= 0.3 is 0 Å². The molecule has 1 aromatic carbocycles. The Labute approximate surface area is 126 Å². The van der Waals surface area contributed by atoms with Gasteiger partial charge in [-0.2, -0.15) is 0 Å². The van der Waals surface area contributed by atoms with E-state index in [0.717, 1.165) is 0 Å². The maximum atomic E-state index is 13.9. The Morgan fingerprint density at radius 3 is 2.62 bits per heavy atom. The first-order valence-corrected chi connectivity index (χ1v) is 7.28. The summed E-state index contributed by atoms with van der Waals surface area (Å²) in [7, 11) is 1.71. The zero-order valence-corrected chi connectivity index (χ0v) is 13.4. The van der Waals surface area contributed by atoms with Gasteiger partial charge in [0, 0.05) is 32.2 Å². The molecule has 4 nitrogen and oxygen atoms in total.